The molecule has 1 heterocycles. The Kier molecular flexibility index (Phi) is 6.26. The molecule has 0 saturated carbocycles. The Morgan fingerprint density at radius 1 is 1.35 bits per heavy atom. The fourth-order valence-electron chi connectivity index (χ4n) is 1.90. The van der Waals surface area contributed by atoms with Crippen LogP contribution in [0.4, 0.5) is 0 Å². The van der Waals surface area contributed by atoms with Crippen LogP contribution in [0.25, 0.3) is 0 Å². The summed E-state index contributed by atoms with van der Waals surface area (Å²) in [5, 5.41) is 4.66. The average molecular weight is 331 g/mol. The zero-order valence-corrected chi connectivity index (χ0v) is 13.4. The number of nitrogens with one attached hydrogen (secondary N) is 1. The lowest BCUT2D eigenvalue weighted by Gasteiger charge is -2.19. The first kappa shape index (κ1) is 15.7. The van der Waals surface area contributed by atoms with Crippen LogP contribution in [0, 0.1) is 0 Å². The van der Waals surface area contributed by atoms with Crippen molar-refractivity contribution in [1.82, 2.24) is 10.3 Å². The Labute approximate surface area is 132 Å². The zero-order valence-electron chi connectivity index (χ0n) is 11.1. The summed E-state index contributed by atoms with van der Waals surface area (Å²) >= 11 is 13.7. The summed E-state index contributed by atoms with van der Waals surface area (Å²) in [6.45, 7) is 1.46. The van der Waals surface area contributed by atoms with Gasteiger partial charge in [-0.25, -0.2) is 0 Å². The molecule has 0 saturated heterocycles. The minimum Gasteiger partial charge on any atom is -0.385 e. The summed E-state index contributed by atoms with van der Waals surface area (Å²) in [7, 11) is 1.70. The van der Waals surface area contributed by atoms with Crippen LogP contribution in [-0.4, -0.2) is 18.7 Å². The summed E-state index contributed by atoms with van der Waals surface area (Å²) in [5.41, 5.74) is 2.95. The molecule has 3 nitrogen and oxygen atoms in total. The van der Waals surface area contributed by atoms with Gasteiger partial charge in [-0.05, 0) is 24.1 Å². The minimum atomic E-state index is 0.173. The van der Waals surface area contributed by atoms with Crippen molar-refractivity contribution < 1.29 is 4.74 Å². The normalized spacial score (nSPS) is 12.6. The Balaban J connectivity index is 2.07. The summed E-state index contributed by atoms with van der Waals surface area (Å²) in [6.07, 6.45) is 2.74. The molecule has 0 aliphatic carbocycles. The van der Waals surface area contributed by atoms with E-state index >= 15 is 0 Å². The molecule has 0 spiro atoms. The largest absolute Gasteiger partial charge is 0.385 e. The van der Waals surface area contributed by atoms with Crippen LogP contribution in [0.3, 0.4) is 0 Å². The number of nitrogens with zero attached hydrogens (tertiary/aromatic N) is 1. The summed E-state index contributed by atoms with van der Waals surface area (Å²) < 4.78 is 5.18. The highest BCUT2D eigenvalue weighted by Gasteiger charge is 2.13. The SMILES string of the molecule is COCC[C@H](NCc1cncs1)c1ccc(Cl)c(Cl)c1. The quantitative estimate of drug-likeness (QED) is 0.820. The highest BCUT2D eigenvalue weighted by molar-refractivity contribution is 7.09. The summed E-state index contributed by atoms with van der Waals surface area (Å²) in [6, 6.07) is 5.90. The van der Waals surface area contributed by atoms with E-state index in [1.54, 1.807) is 18.4 Å². The van der Waals surface area contributed by atoms with Gasteiger partial charge in [0, 0.05) is 37.4 Å². The average Bonchev–Trinajstić information content (AvgIpc) is 2.95. The maximum absolute atomic E-state index is 6.09. The maximum Gasteiger partial charge on any atom is 0.0794 e. The highest BCUT2D eigenvalue weighted by atomic mass is 35.5. The van der Waals surface area contributed by atoms with E-state index in [1.807, 2.05) is 29.9 Å². The van der Waals surface area contributed by atoms with Gasteiger partial charge in [-0.3, -0.25) is 4.98 Å². The molecule has 1 atom stereocenters. The second kappa shape index (κ2) is 7.96. The maximum atomic E-state index is 6.09. The van der Waals surface area contributed by atoms with Gasteiger partial charge in [-0.2, -0.15) is 0 Å². The number of aromatic nitrogens is 1. The number of hydrogen-bond donors (Lipinski definition) is 1. The number of benzene rings is 1. The van der Waals surface area contributed by atoms with Crippen LogP contribution in [0.1, 0.15) is 22.9 Å². The van der Waals surface area contributed by atoms with Crippen LogP contribution in [0.15, 0.2) is 29.9 Å². The van der Waals surface area contributed by atoms with Crippen molar-refractivity contribution in [3.8, 4) is 0 Å². The number of halogens is 2. The van der Waals surface area contributed by atoms with Crippen LogP contribution >= 0.6 is 34.5 Å². The van der Waals surface area contributed by atoms with Gasteiger partial charge in [0.25, 0.3) is 0 Å². The van der Waals surface area contributed by atoms with Gasteiger partial charge < -0.3 is 10.1 Å². The fourth-order valence-corrected chi connectivity index (χ4v) is 2.76. The van der Waals surface area contributed by atoms with E-state index in [0.717, 1.165) is 18.5 Å². The second-order valence-electron chi connectivity index (χ2n) is 4.36. The van der Waals surface area contributed by atoms with Gasteiger partial charge in [-0.1, -0.05) is 29.3 Å². The molecular weight excluding hydrogens is 315 g/mol. The van der Waals surface area contributed by atoms with Crippen molar-refractivity contribution in [1.29, 1.82) is 0 Å². The topological polar surface area (TPSA) is 34.1 Å². The first-order chi connectivity index (χ1) is 9.70. The Morgan fingerprint density at radius 2 is 2.20 bits per heavy atom. The number of ether oxygens (including phenoxy) is 1. The molecule has 1 aromatic carbocycles. The van der Waals surface area contributed by atoms with E-state index < -0.39 is 0 Å². The smallest absolute Gasteiger partial charge is 0.0794 e. The van der Waals surface area contributed by atoms with Crippen molar-refractivity contribution in [3.63, 3.8) is 0 Å². The van der Waals surface area contributed by atoms with Crippen LogP contribution < -0.4 is 5.32 Å². The van der Waals surface area contributed by atoms with E-state index in [4.69, 9.17) is 27.9 Å². The highest BCUT2D eigenvalue weighted by Crippen LogP contribution is 2.27. The van der Waals surface area contributed by atoms with Crippen molar-refractivity contribution in [2.24, 2.45) is 0 Å². The van der Waals surface area contributed by atoms with Gasteiger partial charge >= 0.3 is 0 Å². The molecule has 2 rings (SSSR count). The van der Waals surface area contributed by atoms with Gasteiger partial charge in [-0.15, -0.1) is 11.3 Å². The lowest BCUT2D eigenvalue weighted by molar-refractivity contribution is 0.182. The Hall–Kier alpha value is -0.650. The fraction of sp³-hybridized carbons (Fsp3) is 0.357. The third-order valence-corrected chi connectivity index (χ3v) is 4.48. The van der Waals surface area contributed by atoms with Gasteiger partial charge in [0.1, 0.15) is 0 Å². The van der Waals surface area contributed by atoms with Crippen LogP contribution in [0.2, 0.25) is 10.0 Å². The van der Waals surface area contributed by atoms with Crippen molar-refractivity contribution in [3.05, 3.63) is 50.4 Å². The number of thiazole rings is 1. The van der Waals surface area contributed by atoms with E-state index in [0.29, 0.717) is 16.7 Å². The van der Waals surface area contributed by atoms with E-state index in [-0.39, 0.29) is 6.04 Å². The lowest BCUT2D eigenvalue weighted by Crippen LogP contribution is -2.22. The molecule has 108 valence electrons. The molecule has 2 aromatic rings. The molecule has 0 aliphatic rings. The standard InChI is InChI=1S/C14H16Cl2N2OS/c1-19-5-4-14(18-8-11-7-17-9-20-11)10-2-3-12(15)13(16)6-10/h2-3,6-7,9,14,18H,4-5,8H2,1H3/t14-/m0/s1. The third kappa shape index (κ3) is 4.43. The summed E-state index contributed by atoms with van der Waals surface area (Å²) in [4.78, 5) is 5.28. The van der Waals surface area contributed by atoms with Crippen molar-refractivity contribution in [2.45, 2.75) is 19.0 Å². The molecular formula is C14H16Cl2N2OS. The molecule has 20 heavy (non-hydrogen) atoms. The van der Waals surface area contributed by atoms with E-state index in [2.05, 4.69) is 10.3 Å². The monoisotopic (exact) mass is 330 g/mol. The third-order valence-electron chi connectivity index (χ3n) is 2.96. The molecule has 0 radical (unpaired) electrons. The molecule has 0 unspecified atom stereocenters. The molecule has 1 N–H and O–H groups in total. The molecule has 0 aliphatic heterocycles. The summed E-state index contributed by atoms with van der Waals surface area (Å²) in [5.74, 6) is 0. The predicted octanol–water partition coefficient (Wildman–Crippen LogP) is 4.32. The van der Waals surface area contributed by atoms with Crippen LogP contribution in [0.5, 0.6) is 0 Å². The van der Waals surface area contributed by atoms with Crippen molar-refractivity contribution in [2.75, 3.05) is 13.7 Å². The first-order valence-corrected chi connectivity index (χ1v) is 7.89. The predicted molar refractivity (Wildman–Crippen MR) is 84.6 cm³/mol. The Bertz CT molecular complexity index is 534. The van der Waals surface area contributed by atoms with Gasteiger partial charge in [0.2, 0.25) is 0 Å². The molecule has 0 bridgehead atoms. The molecule has 6 heteroatoms. The minimum absolute atomic E-state index is 0.173. The van der Waals surface area contributed by atoms with Gasteiger partial charge in [0.05, 0.1) is 15.6 Å². The number of methoxy groups -OCH3 is 1. The number of hydrogen-bond acceptors (Lipinski definition) is 4. The lowest BCUT2D eigenvalue weighted by atomic mass is 10.0. The molecule has 0 fully saturated rings. The van der Waals surface area contributed by atoms with Crippen molar-refractivity contribution >= 4 is 34.5 Å². The van der Waals surface area contributed by atoms with Gasteiger partial charge in [0.15, 0.2) is 0 Å². The second-order valence-corrected chi connectivity index (χ2v) is 6.14. The van der Waals surface area contributed by atoms with E-state index in [1.165, 1.54) is 4.88 Å². The zero-order chi connectivity index (χ0) is 14.4. The van der Waals surface area contributed by atoms with E-state index in [9.17, 15) is 0 Å². The molecule has 0 amide bonds. The Morgan fingerprint density at radius 3 is 2.85 bits per heavy atom. The first-order valence-electron chi connectivity index (χ1n) is 6.25. The molecule has 1 aromatic heterocycles. The van der Waals surface area contributed by atoms with Crippen LogP contribution in [-0.2, 0) is 11.3 Å². The number of rotatable bonds is 7.